The third-order valence-electron chi connectivity index (χ3n) is 9.84. The largest absolute Gasteiger partial charge is 0.480 e. The van der Waals surface area contributed by atoms with E-state index < -0.39 is 77.8 Å². The summed E-state index contributed by atoms with van der Waals surface area (Å²) in [6.07, 6.45) is 6.54. The van der Waals surface area contributed by atoms with Crippen molar-refractivity contribution >= 4 is 59.1 Å². The van der Waals surface area contributed by atoms with Crippen LogP contribution in [0.2, 0.25) is 0 Å². The van der Waals surface area contributed by atoms with Gasteiger partial charge in [0.15, 0.2) is 5.96 Å². The third kappa shape index (κ3) is 15.4. The van der Waals surface area contributed by atoms with Crippen molar-refractivity contribution < 1.29 is 38.7 Å². The van der Waals surface area contributed by atoms with Gasteiger partial charge in [-0.25, -0.2) is 4.79 Å². The van der Waals surface area contributed by atoms with Crippen LogP contribution in [-0.2, 0) is 33.6 Å². The van der Waals surface area contributed by atoms with Gasteiger partial charge in [0.1, 0.15) is 36.3 Å². The molecule has 2 saturated heterocycles. The number of likely N-dealkylation sites (tertiary alicyclic amines) is 2. The summed E-state index contributed by atoms with van der Waals surface area (Å²) < 4.78 is 0. The monoisotopic (exact) mass is 811 g/mol. The van der Waals surface area contributed by atoms with Crippen molar-refractivity contribution in [1.82, 2.24) is 31.1 Å². The average molecular weight is 812 g/mol. The van der Waals surface area contributed by atoms with Crippen LogP contribution in [0.1, 0.15) is 91.4 Å². The predicted molar refractivity (Wildman–Crippen MR) is 214 cm³/mol. The first-order chi connectivity index (χ1) is 26.5. The standard InChI is InChI=1S/C36H65N11O8S/c1-21(2)20-26(30(49)42-22(3)29(48)44-25(35(54)55)11-7-16-41-36(39)40)45-32(51)28-13-9-18-47(28)34(53)24(14-19-56-4)43-31(50)27-12-8-17-46(27)33(52)23(38)10-5-6-15-37/h21-28H,5-20,37-38H2,1-4H3,(H,42,49)(H,43,50)(H,44,48)(H,45,51)(H,54,55)(H4,39,40,41)/t22-,23+,24+,25+,26+,27+,28+/m1/s1. The number of nitrogens with one attached hydrogen (secondary N) is 4. The molecule has 0 bridgehead atoms. The van der Waals surface area contributed by atoms with Gasteiger partial charge in [-0.3, -0.25) is 33.8 Å². The Labute approximate surface area is 334 Å². The van der Waals surface area contributed by atoms with Crippen molar-refractivity contribution in [3.05, 3.63) is 0 Å². The summed E-state index contributed by atoms with van der Waals surface area (Å²) in [6, 6.07) is -6.83. The quantitative estimate of drug-likeness (QED) is 0.0299. The normalized spacial score (nSPS) is 19.3. The predicted octanol–water partition coefficient (Wildman–Crippen LogP) is -1.68. The van der Waals surface area contributed by atoms with Crippen molar-refractivity contribution in [3.8, 4) is 0 Å². The van der Waals surface area contributed by atoms with Crippen molar-refractivity contribution in [1.29, 1.82) is 0 Å². The molecule has 6 amide bonds. The van der Waals surface area contributed by atoms with Crippen LogP contribution in [0, 0.1) is 5.92 Å². The number of unbranched alkanes of at least 4 members (excludes halogenated alkanes) is 1. The summed E-state index contributed by atoms with van der Waals surface area (Å²) in [5, 5.41) is 20.2. The molecule has 0 aromatic carbocycles. The van der Waals surface area contributed by atoms with Gasteiger partial charge in [0, 0.05) is 19.6 Å². The topological polar surface area (TPSA) is 311 Å². The highest BCUT2D eigenvalue weighted by atomic mass is 32.2. The molecule has 0 aromatic rings. The Bertz CT molecular complexity index is 1380. The average Bonchev–Trinajstić information content (AvgIpc) is 3.84. The molecule has 0 aromatic heterocycles. The molecule has 56 heavy (non-hydrogen) atoms. The van der Waals surface area contributed by atoms with Crippen LogP contribution in [0.3, 0.4) is 0 Å². The van der Waals surface area contributed by atoms with Crippen LogP contribution in [0.25, 0.3) is 0 Å². The van der Waals surface area contributed by atoms with Gasteiger partial charge in [-0.05, 0) is 95.6 Å². The minimum Gasteiger partial charge on any atom is -0.480 e. The number of carbonyl (C=O) groups excluding carboxylic acids is 6. The maximum Gasteiger partial charge on any atom is 0.326 e. The van der Waals surface area contributed by atoms with Gasteiger partial charge in [0.2, 0.25) is 35.4 Å². The second-order valence-electron chi connectivity index (χ2n) is 14.9. The van der Waals surface area contributed by atoms with Crippen molar-refractivity contribution in [3.63, 3.8) is 0 Å². The van der Waals surface area contributed by atoms with Gasteiger partial charge in [-0.15, -0.1) is 0 Å². The van der Waals surface area contributed by atoms with E-state index >= 15 is 0 Å². The first kappa shape index (κ1) is 48.0. The highest BCUT2D eigenvalue weighted by molar-refractivity contribution is 7.98. The zero-order valence-electron chi connectivity index (χ0n) is 33.3. The van der Waals surface area contributed by atoms with Crippen molar-refractivity contribution in [2.24, 2.45) is 33.8 Å². The number of hydrogen-bond acceptors (Lipinski definition) is 11. The van der Waals surface area contributed by atoms with E-state index in [0.717, 1.165) is 6.42 Å². The number of rotatable bonds is 24. The lowest BCUT2D eigenvalue weighted by Gasteiger charge is -2.32. The summed E-state index contributed by atoms with van der Waals surface area (Å²) >= 11 is 1.50. The highest BCUT2D eigenvalue weighted by Crippen LogP contribution is 2.23. The molecule has 0 radical (unpaired) electrons. The van der Waals surface area contributed by atoms with Crippen LogP contribution in [0.15, 0.2) is 4.99 Å². The van der Waals surface area contributed by atoms with Crippen molar-refractivity contribution in [2.45, 2.75) is 134 Å². The van der Waals surface area contributed by atoms with E-state index in [2.05, 4.69) is 26.3 Å². The number of hydrogen-bond donors (Lipinski definition) is 9. The molecule has 2 aliphatic heterocycles. The molecule has 20 heteroatoms. The molecule has 19 nitrogen and oxygen atoms in total. The molecule has 0 unspecified atom stereocenters. The van der Waals surface area contributed by atoms with Gasteiger partial charge in [0.05, 0.1) is 6.04 Å². The number of carbonyl (C=O) groups is 7. The Morgan fingerprint density at radius 3 is 1.89 bits per heavy atom. The van der Waals surface area contributed by atoms with Crippen molar-refractivity contribution in [2.75, 3.05) is 38.2 Å². The van der Waals surface area contributed by atoms with Gasteiger partial charge in [-0.1, -0.05) is 20.3 Å². The minimum absolute atomic E-state index is 0.0480. The maximum atomic E-state index is 14.1. The van der Waals surface area contributed by atoms with Gasteiger partial charge in [0.25, 0.3) is 0 Å². The molecule has 2 rings (SSSR count). The Balaban J connectivity index is 2.12. The summed E-state index contributed by atoms with van der Waals surface area (Å²) in [6.45, 7) is 6.45. The van der Waals surface area contributed by atoms with E-state index in [1.807, 2.05) is 20.1 Å². The fourth-order valence-electron chi connectivity index (χ4n) is 6.82. The number of thioether (sulfide) groups is 1. The maximum absolute atomic E-state index is 14.1. The number of nitrogens with zero attached hydrogens (tertiary/aromatic N) is 3. The number of aliphatic carboxylic acids is 1. The van der Waals surface area contributed by atoms with Crippen LogP contribution in [0.4, 0.5) is 0 Å². The summed E-state index contributed by atoms with van der Waals surface area (Å²) in [7, 11) is 0. The van der Waals surface area contributed by atoms with Gasteiger partial charge in [-0.2, -0.15) is 11.8 Å². The molecule has 0 aliphatic carbocycles. The molecule has 318 valence electrons. The van der Waals surface area contributed by atoms with Gasteiger partial charge < -0.3 is 59.1 Å². The van der Waals surface area contributed by atoms with E-state index in [0.29, 0.717) is 63.8 Å². The summed E-state index contributed by atoms with van der Waals surface area (Å²) in [5.41, 5.74) is 22.3. The molecule has 2 heterocycles. The SMILES string of the molecule is CSCC[C@H](NC(=O)[C@@H]1CCCN1C(=O)[C@@H](N)CCCCN)C(=O)N1CCC[C@H]1C(=O)N[C@@H](CC(C)C)C(=O)N[C@H](C)C(=O)N[C@@H](CCCN=C(N)N)C(=O)O. The van der Waals surface area contributed by atoms with E-state index in [1.165, 1.54) is 28.5 Å². The lowest BCUT2D eigenvalue weighted by atomic mass is 10.0. The first-order valence-corrected chi connectivity index (χ1v) is 21.0. The smallest absolute Gasteiger partial charge is 0.326 e. The Morgan fingerprint density at radius 1 is 0.768 bits per heavy atom. The lowest BCUT2D eigenvalue weighted by molar-refractivity contribution is -0.144. The fraction of sp³-hybridized carbons (Fsp3) is 0.778. The van der Waals surface area contributed by atoms with Crippen LogP contribution < -0.4 is 44.2 Å². The molecular weight excluding hydrogens is 747 g/mol. The third-order valence-corrected chi connectivity index (χ3v) is 10.5. The molecule has 0 spiro atoms. The number of amides is 6. The molecule has 2 fully saturated rings. The fourth-order valence-corrected chi connectivity index (χ4v) is 7.29. The summed E-state index contributed by atoms with van der Waals surface area (Å²) in [4.78, 5) is 99.6. The van der Waals surface area contributed by atoms with E-state index in [9.17, 15) is 38.7 Å². The molecule has 13 N–H and O–H groups in total. The van der Waals surface area contributed by atoms with Crippen LogP contribution in [0.5, 0.6) is 0 Å². The lowest BCUT2D eigenvalue weighted by Crippen LogP contribution is -2.59. The zero-order valence-corrected chi connectivity index (χ0v) is 34.1. The summed E-state index contributed by atoms with van der Waals surface area (Å²) in [5.74, 6) is -4.01. The van der Waals surface area contributed by atoms with E-state index in [1.54, 1.807) is 0 Å². The number of aliphatic imine (C=N–C) groups is 1. The highest BCUT2D eigenvalue weighted by Gasteiger charge is 2.41. The van der Waals surface area contributed by atoms with Crippen LogP contribution >= 0.6 is 11.8 Å². The first-order valence-electron chi connectivity index (χ1n) is 19.6. The molecule has 0 saturated carbocycles. The number of carboxylic acids is 1. The minimum atomic E-state index is -1.26. The zero-order chi connectivity index (χ0) is 41.9. The van der Waals surface area contributed by atoms with Gasteiger partial charge >= 0.3 is 5.97 Å². The molecule has 2 aliphatic rings. The Kier molecular flexibility index (Phi) is 21.0. The molecular formula is C36H65N11O8S. The van der Waals surface area contributed by atoms with Crippen LogP contribution in [-0.4, -0.2) is 143 Å². The number of nitrogens with two attached hydrogens (primary N) is 4. The molecule has 7 atom stereocenters. The second kappa shape index (κ2) is 24.5. The second-order valence-corrected chi connectivity index (χ2v) is 15.9. The number of guanidine groups is 1. The number of carboxylic acid groups (broad SMARTS) is 1. The Morgan fingerprint density at radius 2 is 1.36 bits per heavy atom. The van der Waals surface area contributed by atoms with E-state index in [4.69, 9.17) is 22.9 Å². The Hall–Kier alpha value is -4.17. The van der Waals surface area contributed by atoms with E-state index in [-0.39, 0.29) is 50.1 Å².